The van der Waals surface area contributed by atoms with Crippen LogP contribution in [0, 0.1) is 0 Å². The molecule has 0 aliphatic rings. The van der Waals surface area contributed by atoms with Crippen LogP contribution < -0.4 is 0 Å². The zero-order chi connectivity index (χ0) is 6.57. The Kier molecular flexibility index (Phi) is 5.51. The van der Waals surface area contributed by atoms with Gasteiger partial charge in [-0.1, -0.05) is 6.92 Å². The number of hydrogen-bond acceptors (Lipinski definition) is 2. The lowest BCUT2D eigenvalue weighted by atomic mass is 10.4. The van der Waals surface area contributed by atoms with E-state index < -0.39 is 0 Å². The lowest BCUT2D eigenvalue weighted by Gasteiger charge is -2.19. The molecule has 0 aliphatic heterocycles. The van der Waals surface area contributed by atoms with E-state index in [0.29, 0.717) is 6.04 Å². The summed E-state index contributed by atoms with van der Waals surface area (Å²) in [4.78, 5) is 0. The molecule has 3 heteroatoms. The molecular formula is C5H12INS. The van der Waals surface area contributed by atoms with Gasteiger partial charge in [0.2, 0.25) is 0 Å². The van der Waals surface area contributed by atoms with E-state index in [-0.39, 0.29) is 0 Å². The second kappa shape index (κ2) is 4.88. The normalized spacial score (nSPS) is 11.2. The predicted octanol–water partition coefficient (Wildman–Crippen LogP) is 2.71. The van der Waals surface area contributed by atoms with Crippen LogP contribution in [0.25, 0.3) is 0 Å². The Morgan fingerprint density at radius 2 is 2.12 bits per heavy atom. The average Bonchev–Trinajstić information content (AvgIpc) is 1.69. The Labute approximate surface area is 67.9 Å². The molecule has 0 aromatic carbocycles. The molecule has 0 unspecified atom stereocenters. The molecule has 0 saturated carbocycles. The van der Waals surface area contributed by atoms with E-state index in [2.05, 4.69) is 46.3 Å². The van der Waals surface area contributed by atoms with Crippen LogP contribution in [0.2, 0.25) is 0 Å². The lowest BCUT2D eigenvalue weighted by molar-refractivity contribution is 0.420. The second-order valence-corrected chi connectivity index (χ2v) is 3.68. The average molecular weight is 245 g/mol. The largest absolute Gasteiger partial charge is 0.239 e. The Morgan fingerprint density at radius 3 is 2.12 bits per heavy atom. The fraction of sp³-hybridized carbons (Fsp3) is 1.00. The summed E-state index contributed by atoms with van der Waals surface area (Å²) in [7, 11) is 1.78. The highest BCUT2D eigenvalue weighted by Crippen LogP contribution is 2.20. The van der Waals surface area contributed by atoms with Crippen molar-refractivity contribution in [1.29, 1.82) is 0 Å². The molecule has 8 heavy (non-hydrogen) atoms. The van der Waals surface area contributed by atoms with Gasteiger partial charge in [-0.3, -0.25) is 0 Å². The minimum atomic E-state index is 0.668. The van der Waals surface area contributed by atoms with Crippen LogP contribution in [-0.4, -0.2) is 16.9 Å². The maximum Gasteiger partial charge on any atom is 0.0153 e. The molecule has 0 aromatic heterocycles. The zero-order valence-electron chi connectivity index (χ0n) is 5.52. The maximum atomic E-state index is 2.32. The van der Waals surface area contributed by atoms with Crippen molar-refractivity contribution >= 4 is 30.3 Å². The first-order valence-corrected chi connectivity index (χ1v) is 6.09. The molecule has 0 amide bonds. The standard InChI is InChI=1S/C5H12INS/c1-4-7(8-6)5(2)3/h5H,4H2,1-3H3. The highest BCUT2D eigenvalue weighted by molar-refractivity contribution is 14.2. The van der Waals surface area contributed by atoms with Crippen molar-refractivity contribution in [1.82, 2.24) is 4.31 Å². The number of nitrogens with zero attached hydrogens (tertiary/aromatic N) is 1. The van der Waals surface area contributed by atoms with Gasteiger partial charge in [0.25, 0.3) is 0 Å². The van der Waals surface area contributed by atoms with Gasteiger partial charge in [-0.05, 0) is 23.0 Å². The van der Waals surface area contributed by atoms with Crippen LogP contribution in [0.15, 0.2) is 0 Å². The molecule has 0 radical (unpaired) electrons. The van der Waals surface area contributed by atoms with Crippen LogP contribution in [0.1, 0.15) is 20.8 Å². The molecule has 0 aliphatic carbocycles. The maximum absolute atomic E-state index is 2.32. The van der Waals surface area contributed by atoms with Gasteiger partial charge in [0.1, 0.15) is 0 Å². The number of halogens is 1. The van der Waals surface area contributed by atoms with Crippen molar-refractivity contribution in [2.45, 2.75) is 26.8 Å². The van der Waals surface area contributed by atoms with Crippen LogP contribution in [0.3, 0.4) is 0 Å². The first-order chi connectivity index (χ1) is 3.72. The molecule has 0 bridgehead atoms. The zero-order valence-corrected chi connectivity index (χ0v) is 8.49. The van der Waals surface area contributed by atoms with Crippen molar-refractivity contribution in [2.75, 3.05) is 6.54 Å². The van der Waals surface area contributed by atoms with E-state index in [9.17, 15) is 0 Å². The van der Waals surface area contributed by atoms with E-state index in [4.69, 9.17) is 0 Å². The first kappa shape index (κ1) is 9.04. The number of hydrogen-bond donors (Lipinski definition) is 0. The molecule has 0 saturated heterocycles. The van der Waals surface area contributed by atoms with Crippen LogP contribution >= 0.6 is 30.3 Å². The Morgan fingerprint density at radius 1 is 1.62 bits per heavy atom. The quantitative estimate of drug-likeness (QED) is 0.555. The van der Waals surface area contributed by atoms with Gasteiger partial charge in [0, 0.05) is 33.8 Å². The fourth-order valence-electron chi connectivity index (χ4n) is 0.494. The lowest BCUT2D eigenvalue weighted by Crippen LogP contribution is -2.21. The summed E-state index contributed by atoms with van der Waals surface area (Å²) in [6, 6.07) is 0.668. The topological polar surface area (TPSA) is 3.24 Å². The Hall–Kier alpha value is 1.04. The van der Waals surface area contributed by atoms with Gasteiger partial charge in [-0.25, -0.2) is 4.31 Å². The third-order valence-corrected chi connectivity index (χ3v) is 3.35. The van der Waals surface area contributed by atoms with Crippen molar-refractivity contribution < 1.29 is 0 Å². The van der Waals surface area contributed by atoms with Crippen molar-refractivity contribution in [3.05, 3.63) is 0 Å². The fourth-order valence-corrected chi connectivity index (χ4v) is 2.95. The summed E-state index contributed by atoms with van der Waals surface area (Å²) >= 11 is 2.31. The van der Waals surface area contributed by atoms with Gasteiger partial charge in [-0.15, -0.1) is 0 Å². The summed E-state index contributed by atoms with van der Waals surface area (Å²) in [5.74, 6) is 0. The molecule has 0 heterocycles. The summed E-state index contributed by atoms with van der Waals surface area (Å²) in [5, 5.41) is 0. The van der Waals surface area contributed by atoms with Crippen molar-refractivity contribution in [3.8, 4) is 0 Å². The van der Waals surface area contributed by atoms with E-state index >= 15 is 0 Å². The highest BCUT2D eigenvalue weighted by Gasteiger charge is 2.03. The number of rotatable bonds is 3. The SMILES string of the molecule is CCN(SI)C(C)C. The monoisotopic (exact) mass is 245 g/mol. The van der Waals surface area contributed by atoms with Gasteiger partial charge in [-0.2, -0.15) is 0 Å². The van der Waals surface area contributed by atoms with Crippen molar-refractivity contribution in [3.63, 3.8) is 0 Å². The molecule has 50 valence electrons. The summed E-state index contributed by atoms with van der Waals surface area (Å²) < 4.78 is 2.32. The summed E-state index contributed by atoms with van der Waals surface area (Å²) in [6.45, 7) is 7.71. The molecule has 1 nitrogen and oxygen atoms in total. The van der Waals surface area contributed by atoms with E-state index in [1.807, 2.05) is 0 Å². The van der Waals surface area contributed by atoms with Crippen LogP contribution in [-0.2, 0) is 0 Å². The minimum absolute atomic E-state index is 0.668. The summed E-state index contributed by atoms with van der Waals surface area (Å²) in [6.07, 6.45) is 0. The van der Waals surface area contributed by atoms with Crippen LogP contribution in [0.5, 0.6) is 0 Å². The van der Waals surface area contributed by atoms with Gasteiger partial charge in [0.15, 0.2) is 0 Å². The summed E-state index contributed by atoms with van der Waals surface area (Å²) in [5.41, 5.74) is 0. The minimum Gasteiger partial charge on any atom is -0.239 e. The molecular weight excluding hydrogens is 233 g/mol. The molecule has 0 fully saturated rings. The third-order valence-electron chi connectivity index (χ3n) is 0.976. The molecule has 0 rings (SSSR count). The van der Waals surface area contributed by atoms with Gasteiger partial charge >= 0.3 is 0 Å². The molecule has 0 aromatic rings. The second-order valence-electron chi connectivity index (χ2n) is 1.90. The highest BCUT2D eigenvalue weighted by atomic mass is 127. The van der Waals surface area contributed by atoms with Gasteiger partial charge < -0.3 is 0 Å². The Bertz CT molecular complexity index is 54.4. The molecule has 0 atom stereocenters. The van der Waals surface area contributed by atoms with Crippen LogP contribution in [0.4, 0.5) is 0 Å². The van der Waals surface area contributed by atoms with E-state index in [1.165, 1.54) is 0 Å². The molecule has 0 N–H and O–H groups in total. The Balaban J connectivity index is 3.35. The van der Waals surface area contributed by atoms with E-state index in [0.717, 1.165) is 6.54 Å². The molecule has 0 spiro atoms. The smallest absolute Gasteiger partial charge is 0.0153 e. The predicted molar refractivity (Wildman–Crippen MR) is 49.1 cm³/mol. The van der Waals surface area contributed by atoms with Crippen molar-refractivity contribution in [2.24, 2.45) is 0 Å². The van der Waals surface area contributed by atoms with E-state index in [1.54, 1.807) is 9.12 Å². The first-order valence-electron chi connectivity index (χ1n) is 2.77. The third kappa shape index (κ3) is 3.14. The van der Waals surface area contributed by atoms with Gasteiger partial charge in [0.05, 0.1) is 0 Å².